The lowest BCUT2D eigenvalue weighted by molar-refractivity contribution is 0.336. The summed E-state index contributed by atoms with van der Waals surface area (Å²) in [4.78, 5) is 0. The van der Waals surface area contributed by atoms with Crippen molar-refractivity contribution in [2.45, 2.75) is 51.0 Å². The molecule has 0 amide bonds. The van der Waals surface area contributed by atoms with Crippen molar-refractivity contribution in [3.05, 3.63) is 11.6 Å². The van der Waals surface area contributed by atoms with Gasteiger partial charge in [0.25, 0.3) is 0 Å². The maximum atomic E-state index is 11.6. The predicted octanol–water partition coefficient (Wildman–Crippen LogP) is 1.23. The van der Waals surface area contributed by atoms with Gasteiger partial charge in [-0.25, -0.2) is 8.42 Å². The van der Waals surface area contributed by atoms with E-state index in [1.807, 2.05) is 13.8 Å². The Bertz CT molecular complexity index is 430. The van der Waals surface area contributed by atoms with Crippen molar-refractivity contribution in [3.63, 3.8) is 0 Å². The molecule has 22 heavy (non-hydrogen) atoms. The minimum atomic E-state index is -1.48. The molecule has 2 unspecified atom stereocenters. The topological polar surface area (TPSA) is 104 Å². The number of nitrogens with zero attached hydrogens (tertiary/aromatic N) is 4. The van der Waals surface area contributed by atoms with Gasteiger partial charge < -0.3 is 0 Å². The van der Waals surface area contributed by atoms with E-state index in [4.69, 9.17) is 8.37 Å². The van der Waals surface area contributed by atoms with Crippen LogP contribution < -0.4 is 0 Å². The first-order valence-corrected chi connectivity index (χ1v) is 9.73. The standard InChI is InChI=1S/C12H22N4O4S2/c1-3-5-7-19-21(17)9-11-13-15-12(16-14-11)10-22(18)20-8-6-4-2/h3-10H2,1-2H3. The molecule has 126 valence electrons. The highest BCUT2D eigenvalue weighted by Gasteiger charge is 2.10. The third kappa shape index (κ3) is 8.57. The first kappa shape index (κ1) is 19.2. The fourth-order valence-corrected chi connectivity index (χ4v) is 2.70. The highest BCUT2D eigenvalue weighted by atomic mass is 32.2. The van der Waals surface area contributed by atoms with Crippen LogP contribution in [0.2, 0.25) is 0 Å². The fourth-order valence-electron chi connectivity index (χ4n) is 1.27. The van der Waals surface area contributed by atoms with Gasteiger partial charge in [-0.05, 0) is 12.8 Å². The van der Waals surface area contributed by atoms with Crippen LogP contribution in [-0.4, -0.2) is 42.0 Å². The molecule has 0 radical (unpaired) electrons. The monoisotopic (exact) mass is 350 g/mol. The zero-order chi connectivity index (χ0) is 16.2. The molecule has 0 aromatic carbocycles. The van der Waals surface area contributed by atoms with Crippen molar-refractivity contribution < 1.29 is 16.8 Å². The Morgan fingerprint density at radius 1 is 0.773 bits per heavy atom. The van der Waals surface area contributed by atoms with Crippen molar-refractivity contribution in [3.8, 4) is 0 Å². The normalized spacial score (nSPS) is 13.9. The van der Waals surface area contributed by atoms with E-state index in [2.05, 4.69) is 20.4 Å². The van der Waals surface area contributed by atoms with E-state index in [0.717, 1.165) is 25.7 Å². The average molecular weight is 350 g/mol. The maximum Gasteiger partial charge on any atom is 0.188 e. The van der Waals surface area contributed by atoms with Gasteiger partial charge in [-0.2, -0.15) is 0 Å². The second kappa shape index (κ2) is 11.7. The van der Waals surface area contributed by atoms with Gasteiger partial charge >= 0.3 is 0 Å². The Balaban J connectivity index is 2.36. The van der Waals surface area contributed by atoms with Crippen molar-refractivity contribution in [1.82, 2.24) is 20.4 Å². The van der Waals surface area contributed by atoms with Crippen molar-refractivity contribution >= 4 is 22.2 Å². The molecule has 1 rings (SSSR count). The quantitative estimate of drug-likeness (QED) is 0.518. The van der Waals surface area contributed by atoms with Crippen LogP contribution in [0, 0.1) is 0 Å². The number of hydrogen-bond acceptors (Lipinski definition) is 8. The van der Waals surface area contributed by atoms with Crippen molar-refractivity contribution in [2.24, 2.45) is 0 Å². The summed E-state index contributed by atoms with van der Waals surface area (Å²) in [6.45, 7) is 4.93. The molecule has 0 bridgehead atoms. The molecule has 2 atom stereocenters. The van der Waals surface area contributed by atoms with Crippen LogP contribution in [0.15, 0.2) is 0 Å². The van der Waals surface area contributed by atoms with E-state index in [1.165, 1.54) is 0 Å². The van der Waals surface area contributed by atoms with E-state index in [1.54, 1.807) is 0 Å². The third-order valence-corrected chi connectivity index (χ3v) is 4.33. The second-order valence-electron chi connectivity index (χ2n) is 4.48. The van der Waals surface area contributed by atoms with Gasteiger partial charge in [0, 0.05) is 0 Å². The molecule has 8 nitrogen and oxygen atoms in total. The molecule has 0 aliphatic rings. The molecule has 0 N–H and O–H groups in total. The highest BCUT2D eigenvalue weighted by Crippen LogP contribution is 2.01. The summed E-state index contributed by atoms with van der Waals surface area (Å²) in [6.07, 6.45) is 3.66. The van der Waals surface area contributed by atoms with Gasteiger partial charge in [0.05, 0.1) is 13.2 Å². The largest absolute Gasteiger partial charge is 0.290 e. The van der Waals surface area contributed by atoms with Gasteiger partial charge in [-0.15, -0.1) is 20.4 Å². The Morgan fingerprint density at radius 3 is 1.45 bits per heavy atom. The Kier molecular flexibility index (Phi) is 10.2. The van der Waals surface area contributed by atoms with E-state index >= 15 is 0 Å². The molecule has 0 aliphatic heterocycles. The summed E-state index contributed by atoms with van der Waals surface area (Å²) in [5.41, 5.74) is 0. The lowest BCUT2D eigenvalue weighted by Crippen LogP contribution is -2.12. The van der Waals surface area contributed by atoms with Crippen LogP contribution in [-0.2, 0) is 42.0 Å². The smallest absolute Gasteiger partial charge is 0.188 e. The van der Waals surface area contributed by atoms with Gasteiger partial charge in [0.1, 0.15) is 11.5 Å². The molecular weight excluding hydrogens is 328 g/mol. The predicted molar refractivity (Wildman–Crippen MR) is 83.0 cm³/mol. The molecule has 0 fully saturated rings. The first-order valence-electron chi connectivity index (χ1n) is 7.24. The fraction of sp³-hybridized carbons (Fsp3) is 0.833. The summed E-state index contributed by atoms with van der Waals surface area (Å²) in [6, 6.07) is 0. The van der Waals surface area contributed by atoms with E-state index in [-0.39, 0.29) is 23.2 Å². The molecule has 0 spiro atoms. The molecule has 1 heterocycles. The van der Waals surface area contributed by atoms with Crippen molar-refractivity contribution in [2.75, 3.05) is 13.2 Å². The van der Waals surface area contributed by atoms with Gasteiger partial charge in [-0.3, -0.25) is 8.37 Å². The number of hydrogen-bond donors (Lipinski definition) is 0. The molecular formula is C12H22N4O4S2. The van der Waals surface area contributed by atoms with Crippen LogP contribution in [0.25, 0.3) is 0 Å². The first-order chi connectivity index (χ1) is 10.7. The summed E-state index contributed by atoms with van der Waals surface area (Å²) in [5, 5.41) is 15.2. The Morgan fingerprint density at radius 2 is 1.14 bits per heavy atom. The van der Waals surface area contributed by atoms with Crippen LogP contribution in [0.4, 0.5) is 0 Å². The Hall–Kier alpha value is -0.840. The minimum absolute atomic E-state index is 0.0417. The summed E-state index contributed by atoms with van der Waals surface area (Å²) in [7, 11) is 0. The highest BCUT2D eigenvalue weighted by molar-refractivity contribution is 7.79. The van der Waals surface area contributed by atoms with Crippen LogP contribution in [0.1, 0.15) is 51.2 Å². The molecule has 10 heteroatoms. The van der Waals surface area contributed by atoms with Crippen LogP contribution in [0.3, 0.4) is 0 Å². The zero-order valence-corrected chi connectivity index (χ0v) is 14.5. The van der Waals surface area contributed by atoms with Gasteiger partial charge in [-0.1, -0.05) is 26.7 Å². The molecule has 0 saturated heterocycles. The van der Waals surface area contributed by atoms with Crippen molar-refractivity contribution in [1.29, 1.82) is 0 Å². The number of unbranched alkanes of at least 4 members (excludes halogenated alkanes) is 2. The van der Waals surface area contributed by atoms with Crippen LogP contribution >= 0.6 is 0 Å². The molecule has 0 aliphatic carbocycles. The number of aromatic nitrogens is 4. The maximum absolute atomic E-state index is 11.6. The van der Waals surface area contributed by atoms with E-state index in [0.29, 0.717) is 13.2 Å². The van der Waals surface area contributed by atoms with E-state index in [9.17, 15) is 8.42 Å². The van der Waals surface area contributed by atoms with Crippen LogP contribution in [0.5, 0.6) is 0 Å². The lowest BCUT2D eigenvalue weighted by Gasteiger charge is -2.03. The Labute approximate surface area is 135 Å². The average Bonchev–Trinajstić information content (AvgIpc) is 2.50. The minimum Gasteiger partial charge on any atom is -0.290 e. The molecule has 1 aromatic rings. The zero-order valence-electron chi connectivity index (χ0n) is 12.9. The molecule has 1 aromatic heterocycles. The SMILES string of the molecule is CCCCOS(=O)Cc1nnc(CS(=O)OCCCC)nn1. The molecule has 0 saturated carbocycles. The van der Waals surface area contributed by atoms with Gasteiger partial charge in [0.2, 0.25) is 0 Å². The van der Waals surface area contributed by atoms with E-state index < -0.39 is 22.2 Å². The number of rotatable bonds is 12. The van der Waals surface area contributed by atoms with Gasteiger partial charge in [0.15, 0.2) is 33.8 Å². The summed E-state index contributed by atoms with van der Waals surface area (Å²) in [5.74, 6) is 0.549. The third-order valence-electron chi connectivity index (χ3n) is 2.48. The second-order valence-corrected chi connectivity index (χ2v) is 6.74. The summed E-state index contributed by atoms with van der Waals surface area (Å²) < 4.78 is 33.4. The summed E-state index contributed by atoms with van der Waals surface area (Å²) >= 11 is -2.97. The lowest BCUT2D eigenvalue weighted by atomic mass is 10.4.